The molecule has 1 heteroatoms. The van der Waals surface area contributed by atoms with Crippen LogP contribution in [0.5, 0.6) is 0 Å². The van der Waals surface area contributed by atoms with Crippen molar-refractivity contribution in [2.75, 3.05) is 4.90 Å². The highest BCUT2D eigenvalue weighted by atomic mass is 15.1. The smallest absolute Gasteiger partial charge is 0.0468 e. The van der Waals surface area contributed by atoms with Crippen molar-refractivity contribution < 1.29 is 0 Å². The third-order valence-electron chi connectivity index (χ3n) is 11.2. The van der Waals surface area contributed by atoms with Crippen molar-refractivity contribution in [3.8, 4) is 33.4 Å². The van der Waals surface area contributed by atoms with Gasteiger partial charge in [0.05, 0.1) is 0 Å². The second kappa shape index (κ2) is 13.3. The summed E-state index contributed by atoms with van der Waals surface area (Å²) in [6.07, 6.45) is 16.0. The summed E-state index contributed by atoms with van der Waals surface area (Å²) >= 11 is 0. The molecule has 0 aromatic heterocycles. The Morgan fingerprint density at radius 3 is 1.60 bits per heavy atom. The number of benzene rings is 6. The molecule has 0 aliphatic heterocycles. The lowest BCUT2D eigenvalue weighted by Crippen LogP contribution is -2.17. The fourth-order valence-corrected chi connectivity index (χ4v) is 8.57. The molecule has 6 aromatic carbocycles. The summed E-state index contributed by atoms with van der Waals surface area (Å²) in [7, 11) is 0. The molecule has 3 aliphatic rings. The number of fused-ring (bicyclic) bond motifs is 3. The van der Waals surface area contributed by atoms with E-state index in [4.69, 9.17) is 0 Å². The molecule has 0 bridgehead atoms. The van der Waals surface area contributed by atoms with Crippen LogP contribution in [0.2, 0.25) is 0 Å². The zero-order valence-corrected chi connectivity index (χ0v) is 30.0. The van der Waals surface area contributed by atoms with E-state index in [1.807, 2.05) is 0 Å². The molecule has 0 saturated heterocycles. The van der Waals surface area contributed by atoms with E-state index in [9.17, 15) is 0 Å². The lowest BCUT2D eigenvalue weighted by Gasteiger charge is -2.30. The molecule has 0 fully saturated rings. The molecule has 0 saturated carbocycles. The second-order valence-electron chi connectivity index (χ2n) is 14.7. The Bertz CT molecular complexity index is 2410. The standard InChI is InChI=1S/C51H43N/c1-51(2)49-26-16-15-25-45(49)46-32-29-42(35-50(46)51)52(40-27-30-43(36-17-7-3-8-18-36)47(33-40)38-21-11-5-12-22-38)41-28-31-44(37-19-9-4-10-20-37)48(34-41)39-23-13-6-14-24-39/h3-9,11-14,17-19,21-35H,10,15-16,20H2,1-2H3. The quantitative estimate of drug-likeness (QED) is 0.164. The van der Waals surface area contributed by atoms with Crippen molar-refractivity contribution in [1.29, 1.82) is 0 Å². The highest BCUT2D eigenvalue weighted by Gasteiger charge is 2.39. The van der Waals surface area contributed by atoms with Gasteiger partial charge in [0.25, 0.3) is 0 Å². The topological polar surface area (TPSA) is 3.24 Å². The summed E-state index contributed by atoms with van der Waals surface area (Å²) < 4.78 is 0. The van der Waals surface area contributed by atoms with Crippen molar-refractivity contribution in [1.82, 2.24) is 0 Å². The van der Waals surface area contributed by atoms with Crippen LogP contribution >= 0.6 is 0 Å². The van der Waals surface area contributed by atoms with E-state index in [0.29, 0.717) is 0 Å². The molecule has 0 unspecified atom stereocenters. The van der Waals surface area contributed by atoms with Gasteiger partial charge < -0.3 is 4.90 Å². The van der Waals surface area contributed by atoms with Crippen molar-refractivity contribution in [2.24, 2.45) is 0 Å². The van der Waals surface area contributed by atoms with Crippen LogP contribution in [0.1, 0.15) is 56.2 Å². The van der Waals surface area contributed by atoms with Gasteiger partial charge in [-0.2, -0.15) is 0 Å². The maximum atomic E-state index is 2.48. The van der Waals surface area contributed by atoms with Gasteiger partial charge in [0.15, 0.2) is 0 Å². The van der Waals surface area contributed by atoms with Crippen LogP contribution in [0, 0.1) is 0 Å². The Morgan fingerprint density at radius 1 is 0.481 bits per heavy atom. The fraction of sp³-hybridized carbons (Fsp3) is 0.137. The average molecular weight is 670 g/mol. The number of allylic oxidation sites excluding steroid dienone is 8. The van der Waals surface area contributed by atoms with Crippen molar-refractivity contribution in [3.05, 3.63) is 198 Å². The summed E-state index contributed by atoms with van der Waals surface area (Å²) in [6, 6.07) is 53.8. The van der Waals surface area contributed by atoms with Gasteiger partial charge >= 0.3 is 0 Å². The number of hydrogen-bond donors (Lipinski definition) is 0. The van der Waals surface area contributed by atoms with Gasteiger partial charge in [-0.05, 0) is 129 Å². The van der Waals surface area contributed by atoms with Crippen molar-refractivity contribution >= 4 is 28.2 Å². The van der Waals surface area contributed by atoms with E-state index in [1.165, 1.54) is 72.5 Å². The van der Waals surface area contributed by atoms with Gasteiger partial charge in [-0.3, -0.25) is 0 Å². The third kappa shape index (κ3) is 5.67. The number of nitrogens with zero attached hydrogens (tertiary/aromatic N) is 1. The van der Waals surface area contributed by atoms with Crippen molar-refractivity contribution in [2.45, 2.75) is 44.9 Å². The molecule has 0 radical (unpaired) electrons. The van der Waals surface area contributed by atoms with Gasteiger partial charge in [0.1, 0.15) is 0 Å². The minimum atomic E-state index is -0.0599. The molecule has 6 aromatic rings. The van der Waals surface area contributed by atoms with Crippen LogP contribution in [0.4, 0.5) is 17.1 Å². The Morgan fingerprint density at radius 2 is 1.00 bits per heavy atom. The van der Waals surface area contributed by atoms with Crippen LogP contribution in [-0.4, -0.2) is 0 Å². The first-order valence-corrected chi connectivity index (χ1v) is 18.7. The largest absolute Gasteiger partial charge is 0.310 e. The van der Waals surface area contributed by atoms with Gasteiger partial charge in [-0.15, -0.1) is 0 Å². The molecule has 0 amide bonds. The molecule has 1 nitrogen and oxygen atoms in total. The molecule has 9 rings (SSSR count). The van der Waals surface area contributed by atoms with E-state index >= 15 is 0 Å². The summed E-state index contributed by atoms with van der Waals surface area (Å²) in [5.41, 5.74) is 19.1. The van der Waals surface area contributed by atoms with Gasteiger partial charge in [-0.25, -0.2) is 0 Å². The van der Waals surface area contributed by atoms with E-state index < -0.39 is 0 Å². The van der Waals surface area contributed by atoms with Crippen LogP contribution < -0.4 is 4.90 Å². The molecule has 52 heavy (non-hydrogen) atoms. The normalized spacial score (nSPS) is 15.6. The third-order valence-corrected chi connectivity index (χ3v) is 11.2. The lowest BCUT2D eigenvalue weighted by molar-refractivity contribution is 0.654. The Kier molecular flexibility index (Phi) is 8.20. The molecule has 3 aliphatic carbocycles. The molecule has 0 atom stereocenters. The molecule has 252 valence electrons. The monoisotopic (exact) mass is 669 g/mol. The molecule has 0 spiro atoms. The summed E-state index contributed by atoms with van der Waals surface area (Å²) in [6.45, 7) is 4.80. The molecular formula is C51H43N. The predicted octanol–water partition coefficient (Wildman–Crippen LogP) is 14.3. The SMILES string of the molecule is CC1(C)C2=CCCC=C2c2ccc(N(c3ccc(C4=CC=CCC4)c(-c4ccccc4)c3)c3ccc(-c4ccccc4)c(-c4ccccc4)c3)cc21. The molecule has 0 N–H and O–H groups in total. The molecule has 0 heterocycles. The summed E-state index contributed by atoms with van der Waals surface area (Å²) in [5.74, 6) is 0. The summed E-state index contributed by atoms with van der Waals surface area (Å²) in [5, 5.41) is 0. The molecular weight excluding hydrogens is 627 g/mol. The Hall–Kier alpha value is -5.92. The second-order valence-corrected chi connectivity index (χ2v) is 14.7. The minimum absolute atomic E-state index is 0.0599. The van der Waals surface area contributed by atoms with Gasteiger partial charge in [0, 0.05) is 22.5 Å². The van der Waals surface area contributed by atoms with Crippen LogP contribution in [0.25, 0.3) is 44.5 Å². The van der Waals surface area contributed by atoms with E-state index in [-0.39, 0.29) is 5.41 Å². The van der Waals surface area contributed by atoms with Crippen molar-refractivity contribution in [3.63, 3.8) is 0 Å². The lowest BCUT2D eigenvalue weighted by atomic mass is 9.80. The highest BCUT2D eigenvalue weighted by molar-refractivity contribution is 5.94. The first-order valence-electron chi connectivity index (χ1n) is 18.7. The van der Waals surface area contributed by atoms with Crippen LogP contribution in [0.15, 0.2) is 182 Å². The van der Waals surface area contributed by atoms with Gasteiger partial charge in [-0.1, -0.05) is 153 Å². The first-order chi connectivity index (χ1) is 25.6. The van der Waals surface area contributed by atoms with Crippen LogP contribution in [-0.2, 0) is 5.41 Å². The van der Waals surface area contributed by atoms with E-state index in [1.54, 1.807) is 0 Å². The number of hydrogen-bond acceptors (Lipinski definition) is 1. The maximum absolute atomic E-state index is 2.48. The zero-order valence-electron chi connectivity index (χ0n) is 30.0. The van der Waals surface area contributed by atoms with E-state index in [0.717, 1.165) is 37.1 Å². The van der Waals surface area contributed by atoms with Crippen LogP contribution in [0.3, 0.4) is 0 Å². The first kappa shape index (κ1) is 32.0. The Labute approximate surface area is 308 Å². The summed E-state index contributed by atoms with van der Waals surface area (Å²) in [4.78, 5) is 2.48. The average Bonchev–Trinajstić information content (AvgIpc) is 3.44. The maximum Gasteiger partial charge on any atom is 0.0468 e. The Balaban J connectivity index is 1.28. The number of rotatable bonds is 7. The van der Waals surface area contributed by atoms with Gasteiger partial charge in [0.2, 0.25) is 0 Å². The van der Waals surface area contributed by atoms with E-state index in [2.05, 4.69) is 195 Å². The number of anilines is 3. The minimum Gasteiger partial charge on any atom is -0.310 e. The predicted molar refractivity (Wildman–Crippen MR) is 222 cm³/mol. The highest BCUT2D eigenvalue weighted by Crippen LogP contribution is 2.53. The zero-order chi connectivity index (χ0) is 35.1. The fourth-order valence-electron chi connectivity index (χ4n) is 8.57.